The second kappa shape index (κ2) is 10.8. The fraction of sp³-hybridized carbons (Fsp3) is 0.938. The van der Waals surface area contributed by atoms with Crippen LogP contribution in [0.3, 0.4) is 0 Å². The third-order valence-corrected chi connectivity index (χ3v) is 3.36. The number of ether oxygens (including phenoxy) is 2. The van der Waals surface area contributed by atoms with Crippen LogP contribution in [0, 0.1) is 11.8 Å². The minimum Gasteiger partial charge on any atom is -0.444 e. The summed E-state index contributed by atoms with van der Waals surface area (Å²) in [6.07, 6.45) is 0.264. The maximum atomic E-state index is 11.7. The summed E-state index contributed by atoms with van der Waals surface area (Å²) < 4.78 is 10.4. The summed E-state index contributed by atoms with van der Waals surface area (Å²) in [7, 11) is 1.65. The van der Waals surface area contributed by atoms with E-state index in [0.717, 1.165) is 6.54 Å². The van der Waals surface area contributed by atoms with Crippen LogP contribution in [0.5, 0.6) is 0 Å². The number of nitrogens with one attached hydrogen (secondary N) is 2. The zero-order chi connectivity index (χ0) is 17.2. The average molecular weight is 318 g/mol. The van der Waals surface area contributed by atoms with Crippen molar-refractivity contribution < 1.29 is 19.4 Å². The third kappa shape index (κ3) is 10.8. The van der Waals surface area contributed by atoms with E-state index >= 15 is 0 Å². The number of hydrogen-bond acceptors (Lipinski definition) is 5. The molecule has 0 radical (unpaired) electrons. The lowest BCUT2D eigenvalue weighted by Crippen LogP contribution is -2.43. The van der Waals surface area contributed by atoms with Crippen LogP contribution in [0.2, 0.25) is 0 Å². The van der Waals surface area contributed by atoms with Crippen LogP contribution in [0.25, 0.3) is 0 Å². The SMILES string of the molecule is COCC(CCO)NCC(CNC(=O)OC(C)(C)C)C(C)C. The van der Waals surface area contributed by atoms with Gasteiger partial charge in [0.15, 0.2) is 0 Å². The molecule has 0 spiro atoms. The van der Waals surface area contributed by atoms with Gasteiger partial charge in [-0.05, 0) is 39.0 Å². The van der Waals surface area contributed by atoms with E-state index < -0.39 is 5.60 Å². The molecule has 1 amide bonds. The first kappa shape index (κ1) is 21.1. The molecule has 0 rings (SSSR count). The Labute approximate surface area is 134 Å². The highest BCUT2D eigenvalue weighted by molar-refractivity contribution is 5.67. The molecule has 0 aliphatic heterocycles. The molecule has 0 aliphatic carbocycles. The van der Waals surface area contributed by atoms with E-state index in [1.807, 2.05) is 20.8 Å². The molecule has 2 unspecified atom stereocenters. The highest BCUT2D eigenvalue weighted by atomic mass is 16.6. The molecule has 0 heterocycles. The van der Waals surface area contributed by atoms with Crippen LogP contribution >= 0.6 is 0 Å². The van der Waals surface area contributed by atoms with Crippen LogP contribution in [0.4, 0.5) is 4.79 Å². The predicted molar refractivity (Wildman–Crippen MR) is 87.9 cm³/mol. The molecule has 132 valence electrons. The molecule has 0 fully saturated rings. The average Bonchev–Trinajstić information content (AvgIpc) is 2.36. The standard InChI is InChI=1S/C16H34N2O4/c1-12(2)13(9-17-14(7-8-19)11-21-6)10-18-15(20)22-16(3,4)5/h12-14,17,19H,7-11H2,1-6H3,(H,18,20). The van der Waals surface area contributed by atoms with Crippen molar-refractivity contribution in [3.8, 4) is 0 Å². The number of aliphatic hydroxyl groups excluding tert-OH is 1. The van der Waals surface area contributed by atoms with Gasteiger partial charge in [-0.15, -0.1) is 0 Å². The maximum absolute atomic E-state index is 11.7. The zero-order valence-corrected chi connectivity index (χ0v) is 14.9. The van der Waals surface area contributed by atoms with Crippen molar-refractivity contribution in [1.82, 2.24) is 10.6 Å². The van der Waals surface area contributed by atoms with E-state index in [9.17, 15) is 4.79 Å². The molecule has 0 aromatic rings. The lowest BCUT2D eigenvalue weighted by molar-refractivity contribution is 0.0513. The number of carbonyl (C=O) groups excluding carboxylic acids is 1. The van der Waals surface area contributed by atoms with Gasteiger partial charge in [0.1, 0.15) is 5.60 Å². The molecular weight excluding hydrogens is 284 g/mol. The van der Waals surface area contributed by atoms with Crippen molar-refractivity contribution in [2.24, 2.45) is 11.8 Å². The van der Waals surface area contributed by atoms with Crippen molar-refractivity contribution >= 4 is 6.09 Å². The monoisotopic (exact) mass is 318 g/mol. The number of alkyl carbamates (subject to hydrolysis) is 1. The Balaban J connectivity index is 4.28. The Morgan fingerprint density at radius 2 is 1.86 bits per heavy atom. The lowest BCUT2D eigenvalue weighted by Gasteiger charge is -2.26. The summed E-state index contributed by atoms with van der Waals surface area (Å²) in [6, 6.07) is 0.123. The summed E-state index contributed by atoms with van der Waals surface area (Å²) in [6.45, 7) is 11.8. The largest absolute Gasteiger partial charge is 0.444 e. The zero-order valence-electron chi connectivity index (χ0n) is 14.9. The Morgan fingerprint density at radius 1 is 1.23 bits per heavy atom. The van der Waals surface area contributed by atoms with Crippen LogP contribution in [0.1, 0.15) is 41.0 Å². The molecule has 0 saturated carbocycles. The normalized spacial score (nSPS) is 14.7. The minimum atomic E-state index is -0.486. The Kier molecular flexibility index (Phi) is 10.4. The third-order valence-electron chi connectivity index (χ3n) is 3.36. The number of amides is 1. The van der Waals surface area contributed by atoms with Gasteiger partial charge >= 0.3 is 6.09 Å². The first-order valence-corrected chi connectivity index (χ1v) is 7.99. The molecule has 2 atom stereocenters. The Bertz CT molecular complexity index is 297. The van der Waals surface area contributed by atoms with E-state index in [-0.39, 0.29) is 24.7 Å². The van der Waals surface area contributed by atoms with Crippen molar-refractivity contribution in [2.45, 2.75) is 52.7 Å². The first-order valence-electron chi connectivity index (χ1n) is 7.99. The van der Waals surface area contributed by atoms with Gasteiger partial charge in [-0.3, -0.25) is 0 Å². The van der Waals surface area contributed by atoms with Gasteiger partial charge in [0.05, 0.1) is 6.61 Å². The molecule has 0 aliphatic rings. The number of methoxy groups -OCH3 is 1. The highest BCUT2D eigenvalue weighted by Crippen LogP contribution is 2.11. The second-order valence-corrected chi connectivity index (χ2v) is 6.96. The summed E-state index contributed by atoms with van der Waals surface area (Å²) >= 11 is 0. The molecule has 6 nitrogen and oxygen atoms in total. The van der Waals surface area contributed by atoms with E-state index in [1.165, 1.54) is 0 Å². The van der Waals surface area contributed by atoms with Gasteiger partial charge in [-0.25, -0.2) is 4.79 Å². The van der Waals surface area contributed by atoms with Crippen LogP contribution in [0.15, 0.2) is 0 Å². The van der Waals surface area contributed by atoms with Crippen molar-refractivity contribution in [3.63, 3.8) is 0 Å². The number of aliphatic hydroxyl groups is 1. The summed E-state index contributed by atoms with van der Waals surface area (Å²) in [5, 5.41) is 15.3. The number of hydrogen-bond donors (Lipinski definition) is 3. The molecule has 0 aromatic heterocycles. The smallest absolute Gasteiger partial charge is 0.407 e. The van der Waals surface area contributed by atoms with Gasteiger partial charge in [0.2, 0.25) is 0 Å². The van der Waals surface area contributed by atoms with E-state index in [0.29, 0.717) is 25.5 Å². The van der Waals surface area contributed by atoms with Gasteiger partial charge in [0.25, 0.3) is 0 Å². The van der Waals surface area contributed by atoms with Gasteiger partial charge in [-0.1, -0.05) is 13.8 Å². The molecule has 0 saturated heterocycles. The second-order valence-electron chi connectivity index (χ2n) is 6.96. The van der Waals surface area contributed by atoms with Crippen molar-refractivity contribution in [3.05, 3.63) is 0 Å². The summed E-state index contributed by atoms with van der Waals surface area (Å²) in [5.74, 6) is 0.699. The minimum absolute atomic E-state index is 0.123. The fourth-order valence-electron chi connectivity index (χ4n) is 1.99. The van der Waals surface area contributed by atoms with E-state index in [1.54, 1.807) is 7.11 Å². The van der Waals surface area contributed by atoms with Crippen molar-refractivity contribution in [2.75, 3.05) is 33.4 Å². The van der Waals surface area contributed by atoms with Crippen molar-refractivity contribution in [1.29, 1.82) is 0 Å². The van der Waals surface area contributed by atoms with Gasteiger partial charge in [0, 0.05) is 32.8 Å². The summed E-state index contributed by atoms with van der Waals surface area (Å²) in [4.78, 5) is 11.7. The number of carbonyl (C=O) groups is 1. The maximum Gasteiger partial charge on any atom is 0.407 e. The molecular formula is C16H34N2O4. The lowest BCUT2D eigenvalue weighted by atomic mass is 9.95. The first-order chi connectivity index (χ1) is 10.2. The van der Waals surface area contributed by atoms with Crippen LogP contribution in [-0.2, 0) is 9.47 Å². The predicted octanol–water partition coefficient (Wildman–Crippen LogP) is 1.77. The summed E-state index contributed by atoms with van der Waals surface area (Å²) in [5.41, 5.74) is -0.486. The van der Waals surface area contributed by atoms with Crippen LogP contribution in [-0.4, -0.2) is 56.3 Å². The fourth-order valence-corrected chi connectivity index (χ4v) is 1.99. The molecule has 6 heteroatoms. The molecule has 3 N–H and O–H groups in total. The molecule has 22 heavy (non-hydrogen) atoms. The van der Waals surface area contributed by atoms with Gasteiger partial charge in [-0.2, -0.15) is 0 Å². The van der Waals surface area contributed by atoms with Crippen LogP contribution < -0.4 is 10.6 Å². The van der Waals surface area contributed by atoms with E-state index in [4.69, 9.17) is 14.6 Å². The molecule has 0 bridgehead atoms. The number of rotatable bonds is 10. The Hall–Kier alpha value is -0.850. The quantitative estimate of drug-likeness (QED) is 0.572. The highest BCUT2D eigenvalue weighted by Gasteiger charge is 2.20. The topological polar surface area (TPSA) is 79.8 Å². The van der Waals surface area contributed by atoms with Gasteiger partial charge < -0.3 is 25.2 Å². The molecule has 0 aromatic carbocycles. The Morgan fingerprint density at radius 3 is 2.32 bits per heavy atom. The van der Waals surface area contributed by atoms with E-state index in [2.05, 4.69) is 24.5 Å².